The molecule has 3 rings (SSSR count). The van der Waals surface area contributed by atoms with Crippen LogP contribution >= 0.6 is 31.0 Å². The van der Waals surface area contributed by atoms with Crippen molar-refractivity contribution in [2.75, 3.05) is 6.61 Å². The molecule has 1 aromatic carbocycles. The quantitative estimate of drug-likeness (QED) is 0.178. The molecule has 0 bridgehead atoms. The number of H-pyrrole nitrogens is 1. The second kappa shape index (κ2) is 12.7. The van der Waals surface area contributed by atoms with Crippen molar-refractivity contribution in [3.05, 3.63) is 63.2 Å². The maximum atomic E-state index is 14.0. The van der Waals surface area contributed by atoms with Crippen molar-refractivity contribution < 1.29 is 41.9 Å². The summed E-state index contributed by atoms with van der Waals surface area (Å²) >= 11 is 12.0. The summed E-state index contributed by atoms with van der Waals surface area (Å²) in [6.45, 7) is 3.74. The van der Waals surface area contributed by atoms with Gasteiger partial charge >= 0.3 is 19.5 Å². The fraction of sp³-hybridized carbons (Fsp3) is 0.435. The summed E-state index contributed by atoms with van der Waals surface area (Å²) in [6, 6.07) is 7.73. The Hall–Kier alpha value is -2.69. The van der Waals surface area contributed by atoms with Crippen LogP contribution in [0.1, 0.15) is 27.0 Å². The number of alkyl halides is 1. The number of rotatable bonds is 10. The fourth-order valence-electron chi connectivity index (χ4n) is 3.42. The van der Waals surface area contributed by atoms with Gasteiger partial charge in [0, 0.05) is 5.38 Å². The summed E-state index contributed by atoms with van der Waals surface area (Å²) in [4.78, 5) is 35.6. The maximum absolute atomic E-state index is 14.0. The highest BCUT2D eigenvalue weighted by atomic mass is 35.5. The molecule has 2 aromatic rings. The van der Waals surface area contributed by atoms with E-state index >= 15 is 0 Å². The second-order valence-electron chi connectivity index (χ2n) is 8.48. The molecule has 1 aliphatic rings. The number of ether oxygens (including phenoxy) is 2. The van der Waals surface area contributed by atoms with E-state index in [1.165, 1.54) is 19.1 Å². The summed E-state index contributed by atoms with van der Waals surface area (Å²) in [5.74, 6) is 0.164. The first-order valence-corrected chi connectivity index (χ1v) is 13.6. The van der Waals surface area contributed by atoms with E-state index < -0.39 is 73.0 Å². The van der Waals surface area contributed by atoms with Crippen LogP contribution in [0.5, 0.6) is 5.75 Å². The molecule has 0 saturated carbocycles. The average Bonchev–Trinajstić information content (AvgIpc) is 3.10. The van der Waals surface area contributed by atoms with Gasteiger partial charge in [-0.05, 0) is 44.5 Å². The number of aromatic nitrogens is 2. The number of esters is 1. The molecular formula is C23H24Cl2FN2O10P. The number of para-hydroxylation sites is 1. The Morgan fingerprint density at radius 2 is 1.97 bits per heavy atom. The molecule has 1 fully saturated rings. The molecule has 212 valence electrons. The minimum atomic E-state index is -4.62. The van der Waals surface area contributed by atoms with Crippen LogP contribution in [0.15, 0.2) is 46.1 Å². The number of nitrogens with zero attached hydrogens (tertiary/aromatic N) is 1. The van der Waals surface area contributed by atoms with E-state index in [9.17, 15) is 28.4 Å². The average molecular weight is 609 g/mol. The van der Waals surface area contributed by atoms with Gasteiger partial charge in [-0.25, -0.2) is 14.2 Å². The molecule has 0 spiro atoms. The zero-order chi connectivity index (χ0) is 29.0. The van der Waals surface area contributed by atoms with Gasteiger partial charge in [-0.1, -0.05) is 35.7 Å². The molecule has 1 saturated heterocycles. The van der Waals surface area contributed by atoms with Gasteiger partial charge in [-0.15, -0.1) is 0 Å². The number of hydrogen-bond acceptors (Lipinski definition) is 10. The van der Waals surface area contributed by atoms with Crippen molar-refractivity contribution in [3.63, 3.8) is 0 Å². The minimum absolute atomic E-state index is 0.0611. The van der Waals surface area contributed by atoms with Gasteiger partial charge in [0.15, 0.2) is 17.2 Å². The third-order valence-corrected chi connectivity index (χ3v) is 7.26. The van der Waals surface area contributed by atoms with E-state index in [0.717, 1.165) is 0 Å². The van der Waals surface area contributed by atoms with Crippen molar-refractivity contribution in [1.82, 2.24) is 9.55 Å². The van der Waals surface area contributed by atoms with E-state index in [0.29, 0.717) is 10.8 Å². The normalized spacial score (nSPS) is 24.9. The van der Waals surface area contributed by atoms with Crippen molar-refractivity contribution in [1.29, 1.82) is 0 Å². The monoisotopic (exact) mass is 608 g/mol. The van der Waals surface area contributed by atoms with Gasteiger partial charge in [-0.3, -0.25) is 23.4 Å². The Morgan fingerprint density at radius 3 is 2.59 bits per heavy atom. The number of phosphoric acid groups is 1. The van der Waals surface area contributed by atoms with Gasteiger partial charge in [-0.2, -0.15) is 4.39 Å². The van der Waals surface area contributed by atoms with Gasteiger partial charge in [0.25, 0.3) is 5.56 Å². The molecule has 2 heterocycles. The number of phosphoric ester groups is 1. The molecule has 0 amide bonds. The highest BCUT2D eigenvalue weighted by Gasteiger charge is 2.57. The van der Waals surface area contributed by atoms with Crippen LogP contribution in [0, 0.1) is 17.1 Å². The number of nitrogens with one attached hydrogen (secondary N) is 1. The second-order valence-corrected chi connectivity index (χ2v) is 10.8. The largest absolute Gasteiger partial charge is 0.530 e. The molecule has 0 aliphatic carbocycles. The first-order chi connectivity index (χ1) is 18.3. The third kappa shape index (κ3) is 7.29. The Kier molecular flexibility index (Phi) is 10.0. The lowest BCUT2D eigenvalue weighted by molar-refractivity contribution is -0.156. The molecule has 2 unspecified atom stereocenters. The Morgan fingerprint density at radius 1 is 1.31 bits per heavy atom. The minimum Gasteiger partial charge on any atom is -0.461 e. The topological polar surface area (TPSA) is 155 Å². The molecule has 2 N–H and O–H groups in total. The summed E-state index contributed by atoms with van der Waals surface area (Å²) < 4.78 is 55.0. The van der Waals surface area contributed by atoms with Crippen molar-refractivity contribution in [2.45, 2.75) is 56.3 Å². The predicted octanol–water partition coefficient (Wildman–Crippen LogP) is 2.67. The van der Waals surface area contributed by atoms with Gasteiger partial charge in [0.05, 0.1) is 18.9 Å². The first kappa shape index (κ1) is 30.8. The first-order valence-electron chi connectivity index (χ1n) is 11.3. The van der Waals surface area contributed by atoms with Crippen molar-refractivity contribution in [2.24, 2.45) is 0 Å². The Labute approximate surface area is 231 Å². The molecule has 1 aromatic heterocycles. The van der Waals surface area contributed by atoms with E-state index in [2.05, 4.69) is 5.92 Å². The van der Waals surface area contributed by atoms with Crippen LogP contribution in [-0.2, 0) is 27.9 Å². The van der Waals surface area contributed by atoms with E-state index in [-0.39, 0.29) is 5.75 Å². The molecule has 12 nitrogen and oxygen atoms in total. The molecule has 16 heteroatoms. The third-order valence-electron chi connectivity index (χ3n) is 5.19. The zero-order valence-corrected chi connectivity index (χ0v) is 23.1. The summed E-state index contributed by atoms with van der Waals surface area (Å²) in [5, 5.41) is 12.9. The van der Waals surface area contributed by atoms with Crippen LogP contribution < -0.4 is 15.8 Å². The van der Waals surface area contributed by atoms with E-state index in [1.54, 1.807) is 37.0 Å². The summed E-state index contributed by atoms with van der Waals surface area (Å²) in [5.41, 5.74) is -2.42. The van der Waals surface area contributed by atoms with Crippen LogP contribution in [-0.4, -0.2) is 56.5 Å². The van der Waals surface area contributed by atoms with Gasteiger partial charge < -0.3 is 19.1 Å². The fourth-order valence-corrected chi connectivity index (χ4v) is 5.30. The SMILES string of the molecule is CC(C)OC(=O)[C@H](C)OP(=O)(OC[C@H]1O[C@@H](n2cc(F)c(=O)[nH]c2=O)C(Cl)(C#CCl)[C@H]1O)Oc1ccccc1. The number of benzene rings is 1. The van der Waals surface area contributed by atoms with Gasteiger partial charge in [0.2, 0.25) is 5.82 Å². The number of aliphatic hydroxyl groups excluding tert-OH is 1. The summed E-state index contributed by atoms with van der Waals surface area (Å²) in [7, 11) is -4.62. The van der Waals surface area contributed by atoms with E-state index in [1.807, 2.05) is 5.38 Å². The molecule has 39 heavy (non-hydrogen) atoms. The Balaban J connectivity index is 1.89. The number of aromatic amines is 1. The highest BCUT2D eigenvalue weighted by Crippen LogP contribution is 2.52. The standard InChI is InChI=1S/C23H24Cl2FN2O10P/c1-13(2)35-20(31)14(3)37-39(33,38-15-7-5-4-6-8-15)34-12-17-18(29)23(25,9-10-24)21(36-17)28-11-16(26)19(30)27-22(28)32/h4-8,11,13-14,17-18,21,29H,12H2,1-3H3,(H,27,30,32)/t14-,17+,18-,21+,23?,39?/m0/s1. The number of aliphatic hydroxyl groups is 1. The van der Waals surface area contributed by atoms with Crippen molar-refractivity contribution >= 4 is 37.0 Å². The zero-order valence-electron chi connectivity index (χ0n) is 20.7. The number of halogens is 3. The Bertz CT molecular complexity index is 1410. The summed E-state index contributed by atoms with van der Waals surface area (Å²) in [6.07, 6.45) is -6.31. The number of hydrogen-bond donors (Lipinski definition) is 2. The van der Waals surface area contributed by atoms with Crippen LogP contribution in [0.25, 0.3) is 0 Å². The lowest BCUT2D eigenvalue weighted by atomic mass is 9.99. The van der Waals surface area contributed by atoms with E-state index in [4.69, 9.17) is 46.2 Å². The number of carbonyl (C=O) groups excluding carboxylic acids is 1. The lowest BCUT2D eigenvalue weighted by Gasteiger charge is -2.25. The predicted molar refractivity (Wildman–Crippen MR) is 136 cm³/mol. The van der Waals surface area contributed by atoms with Crippen LogP contribution in [0.4, 0.5) is 4.39 Å². The molecule has 6 atom stereocenters. The lowest BCUT2D eigenvalue weighted by Crippen LogP contribution is -2.44. The molecule has 0 radical (unpaired) electrons. The number of carbonyl (C=O) groups is 1. The highest BCUT2D eigenvalue weighted by molar-refractivity contribution is 7.49. The van der Waals surface area contributed by atoms with Gasteiger partial charge in [0.1, 0.15) is 18.0 Å². The van der Waals surface area contributed by atoms with Crippen LogP contribution in [0.2, 0.25) is 0 Å². The smallest absolute Gasteiger partial charge is 0.461 e. The van der Waals surface area contributed by atoms with Crippen molar-refractivity contribution in [3.8, 4) is 17.0 Å². The van der Waals surface area contributed by atoms with Crippen LogP contribution in [0.3, 0.4) is 0 Å². The maximum Gasteiger partial charge on any atom is 0.530 e. The molecule has 1 aliphatic heterocycles. The molecular weight excluding hydrogens is 585 g/mol.